The number of alkyl halides is 2. The number of aromatic nitrogens is 1. The van der Waals surface area contributed by atoms with Crippen molar-refractivity contribution >= 4 is 21.6 Å². The minimum Gasteiger partial charge on any atom is -0.379 e. The van der Waals surface area contributed by atoms with Gasteiger partial charge in [-0.05, 0) is 41.0 Å². The van der Waals surface area contributed by atoms with Gasteiger partial charge in [-0.2, -0.15) is 5.26 Å². The Labute approximate surface area is 182 Å². The summed E-state index contributed by atoms with van der Waals surface area (Å²) in [6.07, 6.45) is -0.156. The summed E-state index contributed by atoms with van der Waals surface area (Å²) in [5.41, 5.74) is 4.01. The molecule has 5 rings (SSSR count). The van der Waals surface area contributed by atoms with Crippen molar-refractivity contribution in [1.29, 1.82) is 5.26 Å². The van der Waals surface area contributed by atoms with Crippen LogP contribution in [0.1, 0.15) is 17.5 Å². The predicted molar refractivity (Wildman–Crippen MR) is 115 cm³/mol. The van der Waals surface area contributed by atoms with Gasteiger partial charge in [0.05, 0.1) is 35.1 Å². The van der Waals surface area contributed by atoms with Gasteiger partial charge in [0.15, 0.2) is 0 Å². The fourth-order valence-electron chi connectivity index (χ4n) is 4.14. The van der Waals surface area contributed by atoms with Gasteiger partial charge in [0.1, 0.15) is 0 Å². The van der Waals surface area contributed by atoms with Gasteiger partial charge in [0, 0.05) is 38.5 Å². The first kappa shape index (κ1) is 20.3. The summed E-state index contributed by atoms with van der Waals surface area (Å²) in [6, 6.07) is 13.6. The van der Waals surface area contributed by atoms with Crippen LogP contribution in [-0.2, 0) is 17.8 Å². The molecular weight excluding hydrogens is 420 g/mol. The number of hydrogen-bond acceptors (Lipinski definition) is 5. The highest BCUT2D eigenvalue weighted by atomic mass is 32.1. The molecule has 2 heterocycles. The van der Waals surface area contributed by atoms with Crippen LogP contribution < -0.4 is 4.87 Å². The Morgan fingerprint density at radius 3 is 2.68 bits per heavy atom. The van der Waals surface area contributed by atoms with Gasteiger partial charge in [-0.15, -0.1) is 0 Å². The number of halogens is 2. The average Bonchev–Trinajstić information content (AvgIpc) is 3.25. The maximum Gasteiger partial charge on any atom is 0.308 e. The van der Waals surface area contributed by atoms with Crippen molar-refractivity contribution in [3.63, 3.8) is 0 Å². The highest BCUT2D eigenvalue weighted by molar-refractivity contribution is 7.16. The van der Waals surface area contributed by atoms with Crippen molar-refractivity contribution in [2.45, 2.75) is 25.4 Å². The Bertz CT molecular complexity index is 1240. The van der Waals surface area contributed by atoms with E-state index >= 15 is 0 Å². The van der Waals surface area contributed by atoms with Gasteiger partial charge in [-0.3, -0.25) is 14.3 Å². The standard InChI is InChI=1S/C23H21F2N3O2S/c24-23(25)11-18(23)14-28-20-4-3-16(10-21(20)31-22(28)29)19-9-15(1-2-17(19)12-26)13-27-5-7-30-8-6-27/h1-4,9-10,18H,5-8,11,13-14H2. The van der Waals surface area contributed by atoms with Crippen molar-refractivity contribution < 1.29 is 13.5 Å². The molecule has 2 aromatic carbocycles. The number of morpholine rings is 1. The molecule has 0 spiro atoms. The van der Waals surface area contributed by atoms with E-state index in [-0.39, 0.29) is 17.8 Å². The molecule has 1 aliphatic heterocycles. The third kappa shape index (κ3) is 4.01. The first-order valence-corrected chi connectivity index (χ1v) is 11.1. The normalized spacial score (nSPS) is 20.6. The Balaban J connectivity index is 1.47. The topological polar surface area (TPSA) is 58.3 Å². The van der Waals surface area contributed by atoms with Crippen molar-refractivity contribution in [2.24, 2.45) is 5.92 Å². The predicted octanol–water partition coefficient (Wildman–Crippen LogP) is 4.09. The van der Waals surface area contributed by atoms with Crippen LogP contribution in [0.2, 0.25) is 0 Å². The van der Waals surface area contributed by atoms with E-state index in [4.69, 9.17) is 4.74 Å². The number of fused-ring (bicyclic) bond motifs is 1. The molecule has 1 atom stereocenters. The van der Waals surface area contributed by atoms with Gasteiger partial charge in [-0.1, -0.05) is 23.5 Å². The number of nitriles is 1. The van der Waals surface area contributed by atoms with Crippen LogP contribution >= 0.6 is 11.3 Å². The monoisotopic (exact) mass is 441 g/mol. The van der Waals surface area contributed by atoms with Crippen LogP contribution in [0.4, 0.5) is 8.78 Å². The molecular formula is C23H21F2N3O2S. The number of hydrogen-bond donors (Lipinski definition) is 0. The number of benzene rings is 2. The zero-order valence-corrected chi connectivity index (χ0v) is 17.6. The summed E-state index contributed by atoms with van der Waals surface area (Å²) in [6.45, 7) is 4.03. The molecule has 1 aromatic heterocycles. The first-order chi connectivity index (χ1) is 14.9. The quantitative estimate of drug-likeness (QED) is 0.599. The summed E-state index contributed by atoms with van der Waals surface area (Å²) in [4.78, 5) is 14.5. The van der Waals surface area contributed by atoms with Gasteiger partial charge in [0.2, 0.25) is 0 Å². The van der Waals surface area contributed by atoms with E-state index in [2.05, 4.69) is 11.0 Å². The molecule has 0 N–H and O–H groups in total. The van der Waals surface area contributed by atoms with E-state index in [1.54, 1.807) is 6.07 Å². The molecule has 2 fully saturated rings. The highest BCUT2D eigenvalue weighted by Crippen LogP contribution is 2.49. The van der Waals surface area contributed by atoms with Crippen molar-refractivity contribution in [3.8, 4) is 17.2 Å². The Morgan fingerprint density at radius 1 is 1.19 bits per heavy atom. The van der Waals surface area contributed by atoms with Gasteiger partial charge in [0.25, 0.3) is 5.92 Å². The molecule has 31 heavy (non-hydrogen) atoms. The van der Waals surface area contributed by atoms with Crippen LogP contribution in [0.3, 0.4) is 0 Å². The fraction of sp³-hybridized carbons (Fsp3) is 0.391. The SMILES string of the molecule is N#Cc1ccc(CN2CCOCC2)cc1-c1ccc2c(c1)sc(=O)n2CC1CC1(F)F. The number of ether oxygens (including phenoxy) is 1. The first-order valence-electron chi connectivity index (χ1n) is 10.3. The maximum absolute atomic E-state index is 13.3. The molecule has 0 amide bonds. The van der Waals surface area contributed by atoms with E-state index in [0.717, 1.165) is 65.6 Å². The zero-order valence-electron chi connectivity index (χ0n) is 16.8. The lowest BCUT2D eigenvalue weighted by molar-refractivity contribution is 0.0342. The summed E-state index contributed by atoms with van der Waals surface area (Å²) in [5.74, 6) is -3.42. The lowest BCUT2D eigenvalue weighted by atomic mass is 9.97. The molecule has 160 valence electrons. The molecule has 3 aromatic rings. The smallest absolute Gasteiger partial charge is 0.308 e. The second kappa shape index (κ2) is 7.83. The summed E-state index contributed by atoms with van der Waals surface area (Å²) in [7, 11) is 0. The summed E-state index contributed by atoms with van der Waals surface area (Å²) < 4.78 is 34.3. The van der Waals surface area contributed by atoms with E-state index in [9.17, 15) is 18.8 Å². The Morgan fingerprint density at radius 2 is 1.97 bits per heavy atom. The third-order valence-electron chi connectivity index (χ3n) is 6.05. The Hall–Kier alpha value is -2.60. The molecule has 0 radical (unpaired) electrons. The fourth-order valence-corrected chi connectivity index (χ4v) is 5.08. The van der Waals surface area contributed by atoms with Crippen molar-refractivity contribution in [2.75, 3.05) is 26.3 Å². The van der Waals surface area contributed by atoms with E-state index in [1.807, 2.05) is 30.3 Å². The van der Waals surface area contributed by atoms with Crippen molar-refractivity contribution in [1.82, 2.24) is 9.47 Å². The average molecular weight is 442 g/mol. The minimum atomic E-state index is -2.66. The molecule has 0 bridgehead atoms. The summed E-state index contributed by atoms with van der Waals surface area (Å²) in [5, 5.41) is 9.61. The molecule has 8 heteroatoms. The lowest BCUT2D eigenvalue weighted by Gasteiger charge is -2.26. The molecule has 1 unspecified atom stereocenters. The number of rotatable bonds is 5. The van der Waals surface area contributed by atoms with Crippen molar-refractivity contribution in [3.05, 3.63) is 57.2 Å². The molecule has 1 aliphatic carbocycles. The van der Waals surface area contributed by atoms with E-state index in [0.29, 0.717) is 11.1 Å². The van der Waals surface area contributed by atoms with E-state index < -0.39 is 11.8 Å². The van der Waals surface area contributed by atoms with Crippen LogP contribution in [0.15, 0.2) is 41.2 Å². The Kier molecular flexibility index (Phi) is 5.13. The van der Waals surface area contributed by atoms with Crippen LogP contribution in [0.5, 0.6) is 0 Å². The molecule has 2 aliphatic rings. The number of nitrogens with zero attached hydrogens (tertiary/aromatic N) is 3. The second-order valence-electron chi connectivity index (χ2n) is 8.20. The van der Waals surface area contributed by atoms with Gasteiger partial charge < -0.3 is 4.74 Å². The molecule has 1 saturated heterocycles. The lowest BCUT2D eigenvalue weighted by Crippen LogP contribution is -2.35. The van der Waals surface area contributed by atoms with Crippen LogP contribution in [-0.4, -0.2) is 41.7 Å². The number of thiazole rings is 1. The minimum absolute atomic E-state index is 0.0453. The van der Waals surface area contributed by atoms with Crippen LogP contribution in [0, 0.1) is 17.2 Å². The van der Waals surface area contributed by atoms with Gasteiger partial charge >= 0.3 is 4.87 Å². The van der Waals surface area contributed by atoms with Crippen LogP contribution in [0.25, 0.3) is 21.3 Å². The largest absolute Gasteiger partial charge is 0.379 e. The van der Waals surface area contributed by atoms with E-state index in [1.165, 1.54) is 4.57 Å². The summed E-state index contributed by atoms with van der Waals surface area (Å²) >= 11 is 1.06. The third-order valence-corrected chi connectivity index (χ3v) is 6.99. The highest BCUT2D eigenvalue weighted by Gasteiger charge is 2.56. The second-order valence-corrected chi connectivity index (χ2v) is 9.20. The molecule has 5 nitrogen and oxygen atoms in total. The van der Waals surface area contributed by atoms with Gasteiger partial charge in [-0.25, -0.2) is 8.78 Å². The zero-order chi connectivity index (χ0) is 21.6. The molecule has 1 saturated carbocycles. The maximum atomic E-state index is 13.3.